The minimum absolute atomic E-state index is 0.751. The maximum absolute atomic E-state index is 5.27. The Morgan fingerprint density at radius 2 is 1.77 bits per heavy atom. The standard InChI is InChI=1S/C16H12N4OS/c1-21-13-9-5-8-12(10-13)15-19-20-14(17-18-16(20)22-15)11-6-3-2-4-7-11/h2-10H,1H3. The molecule has 4 rings (SSSR count). The molecule has 0 atom stereocenters. The number of hydrogen-bond donors (Lipinski definition) is 0. The van der Waals surface area contributed by atoms with Gasteiger partial charge in [0.15, 0.2) is 5.82 Å². The second-order valence-corrected chi connectivity index (χ2v) is 5.68. The number of aromatic nitrogens is 4. The van der Waals surface area contributed by atoms with Crippen LogP contribution < -0.4 is 4.74 Å². The molecule has 0 spiro atoms. The van der Waals surface area contributed by atoms with E-state index in [2.05, 4.69) is 15.3 Å². The highest BCUT2D eigenvalue weighted by Crippen LogP contribution is 2.29. The molecule has 22 heavy (non-hydrogen) atoms. The third-order valence-electron chi connectivity index (χ3n) is 3.34. The molecule has 0 N–H and O–H groups in total. The summed E-state index contributed by atoms with van der Waals surface area (Å²) >= 11 is 1.51. The Balaban J connectivity index is 1.83. The van der Waals surface area contributed by atoms with Gasteiger partial charge in [-0.25, -0.2) is 0 Å². The molecule has 0 aliphatic heterocycles. The molecule has 0 saturated carbocycles. The summed E-state index contributed by atoms with van der Waals surface area (Å²) in [6, 6.07) is 17.8. The van der Waals surface area contributed by atoms with Crippen LogP contribution in [0.4, 0.5) is 0 Å². The highest BCUT2D eigenvalue weighted by Gasteiger charge is 2.14. The molecule has 0 unspecified atom stereocenters. The van der Waals surface area contributed by atoms with Gasteiger partial charge in [0, 0.05) is 11.1 Å². The quantitative estimate of drug-likeness (QED) is 0.581. The Bertz CT molecular complexity index is 930. The van der Waals surface area contributed by atoms with E-state index in [0.717, 1.165) is 32.7 Å². The van der Waals surface area contributed by atoms with Crippen LogP contribution in [-0.4, -0.2) is 26.9 Å². The molecular weight excluding hydrogens is 296 g/mol. The predicted molar refractivity (Wildman–Crippen MR) is 86.1 cm³/mol. The first-order chi connectivity index (χ1) is 10.8. The molecule has 0 aliphatic carbocycles. The van der Waals surface area contributed by atoms with Crippen molar-refractivity contribution in [1.29, 1.82) is 0 Å². The number of ether oxygens (including phenoxy) is 1. The van der Waals surface area contributed by atoms with Gasteiger partial charge < -0.3 is 4.74 Å². The van der Waals surface area contributed by atoms with Gasteiger partial charge in [0.05, 0.1) is 7.11 Å². The van der Waals surface area contributed by atoms with E-state index < -0.39 is 0 Å². The summed E-state index contributed by atoms with van der Waals surface area (Å²) in [5.41, 5.74) is 2.01. The second kappa shape index (κ2) is 5.23. The fourth-order valence-electron chi connectivity index (χ4n) is 2.26. The van der Waals surface area contributed by atoms with Crippen molar-refractivity contribution in [2.75, 3.05) is 7.11 Å². The maximum atomic E-state index is 5.27. The predicted octanol–water partition coefficient (Wildman–Crippen LogP) is 3.53. The fraction of sp³-hybridized carbons (Fsp3) is 0.0625. The zero-order valence-corrected chi connectivity index (χ0v) is 12.6. The van der Waals surface area contributed by atoms with Crippen LogP contribution in [-0.2, 0) is 0 Å². The number of fused-ring (bicyclic) bond motifs is 1. The van der Waals surface area contributed by atoms with E-state index in [1.54, 1.807) is 11.6 Å². The highest BCUT2D eigenvalue weighted by atomic mass is 32.1. The lowest BCUT2D eigenvalue weighted by atomic mass is 10.2. The van der Waals surface area contributed by atoms with Crippen LogP contribution in [0.25, 0.3) is 26.9 Å². The van der Waals surface area contributed by atoms with Crippen LogP contribution in [0.15, 0.2) is 54.6 Å². The van der Waals surface area contributed by atoms with Gasteiger partial charge in [0.1, 0.15) is 10.8 Å². The molecule has 0 bridgehead atoms. The summed E-state index contributed by atoms with van der Waals surface area (Å²) in [5.74, 6) is 1.56. The van der Waals surface area contributed by atoms with E-state index in [9.17, 15) is 0 Å². The lowest BCUT2D eigenvalue weighted by Gasteiger charge is -2.00. The fourth-order valence-corrected chi connectivity index (χ4v) is 3.09. The monoisotopic (exact) mass is 308 g/mol. The number of methoxy groups -OCH3 is 1. The summed E-state index contributed by atoms with van der Waals surface area (Å²) in [5, 5.41) is 14.0. The van der Waals surface area contributed by atoms with Gasteiger partial charge in [-0.05, 0) is 12.1 Å². The van der Waals surface area contributed by atoms with Crippen molar-refractivity contribution in [3.05, 3.63) is 54.6 Å². The first kappa shape index (κ1) is 13.0. The third kappa shape index (κ3) is 2.14. The summed E-state index contributed by atoms with van der Waals surface area (Å²) < 4.78 is 7.05. The van der Waals surface area contributed by atoms with Gasteiger partial charge in [-0.2, -0.15) is 9.61 Å². The molecule has 0 saturated heterocycles. The lowest BCUT2D eigenvalue weighted by Crippen LogP contribution is -1.91. The van der Waals surface area contributed by atoms with E-state index in [0.29, 0.717) is 0 Å². The van der Waals surface area contributed by atoms with Crippen molar-refractivity contribution < 1.29 is 4.74 Å². The molecule has 0 radical (unpaired) electrons. The Morgan fingerprint density at radius 1 is 0.955 bits per heavy atom. The van der Waals surface area contributed by atoms with Crippen LogP contribution >= 0.6 is 11.3 Å². The Labute approximate surface area is 130 Å². The van der Waals surface area contributed by atoms with Gasteiger partial charge in [-0.1, -0.05) is 53.8 Å². The molecular formula is C16H12N4OS. The number of hydrogen-bond acceptors (Lipinski definition) is 5. The van der Waals surface area contributed by atoms with Crippen molar-refractivity contribution in [2.45, 2.75) is 0 Å². The average molecular weight is 308 g/mol. The molecule has 0 amide bonds. The molecule has 0 fully saturated rings. The Kier molecular flexibility index (Phi) is 3.08. The lowest BCUT2D eigenvalue weighted by molar-refractivity contribution is 0.415. The van der Waals surface area contributed by atoms with Crippen LogP contribution in [0, 0.1) is 0 Å². The highest BCUT2D eigenvalue weighted by molar-refractivity contribution is 7.19. The Hall–Kier alpha value is -2.73. The first-order valence-corrected chi connectivity index (χ1v) is 7.59. The number of nitrogens with zero attached hydrogens (tertiary/aromatic N) is 4. The van der Waals surface area contributed by atoms with Crippen molar-refractivity contribution in [1.82, 2.24) is 19.8 Å². The first-order valence-electron chi connectivity index (χ1n) is 6.77. The van der Waals surface area contributed by atoms with Crippen molar-refractivity contribution in [3.8, 4) is 27.7 Å². The summed E-state index contributed by atoms with van der Waals surface area (Å²) in [4.78, 5) is 0.775. The molecule has 4 aromatic rings. The number of rotatable bonds is 3. The normalized spacial score (nSPS) is 11.0. The van der Waals surface area contributed by atoms with Crippen molar-refractivity contribution in [3.63, 3.8) is 0 Å². The topological polar surface area (TPSA) is 52.3 Å². The molecule has 5 nitrogen and oxygen atoms in total. The van der Waals surface area contributed by atoms with E-state index in [-0.39, 0.29) is 0 Å². The smallest absolute Gasteiger partial charge is 0.235 e. The summed E-state index contributed by atoms with van der Waals surface area (Å²) in [6.45, 7) is 0. The Morgan fingerprint density at radius 3 is 2.59 bits per heavy atom. The average Bonchev–Trinajstić information content (AvgIpc) is 3.16. The third-order valence-corrected chi connectivity index (χ3v) is 4.29. The van der Waals surface area contributed by atoms with Gasteiger partial charge >= 0.3 is 0 Å². The van der Waals surface area contributed by atoms with Crippen LogP contribution in [0.5, 0.6) is 5.75 Å². The van der Waals surface area contributed by atoms with Crippen molar-refractivity contribution >= 4 is 16.3 Å². The minimum Gasteiger partial charge on any atom is -0.497 e. The van der Waals surface area contributed by atoms with E-state index in [1.165, 1.54) is 11.3 Å². The van der Waals surface area contributed by atoms with E-state index in [4.69, 9.17) is 4.74 Å². The zero-order valence-electron chi connectivity index (χ0n) is 11.8. The molecule has 2 aromatic carbocycles. The van der Waals surface area contributed by atoms with Gasteiger partial charge in [-0.3, -0.25) is 0 Å². The summed E-state index contributed by atoms with van der Waals surface area (Å²) in [7, 11) is 1.66. The largest absolute Gasteiger partial charge is 0.497 e. The molecule has 0 aliphatic rings. The van der Waals surface area contributed by atoms with Crippen molar-refractivity contribution in [2.24, 2.45) is 0 Å². The molecule has 2 heterocycles. The molecule has 108 valence electrons. The zero-order chi connectivity index (χ0) is 14.9. The van der Waals surface area contributed by atoms with Gasteiger partial charge in [0.2, 0.25) is 4.96 Å². The van der Waals surface area contributed by atoms with Crippen LogP contribution in [0.1, 0.15) is 0 Å². The molecule has 2 aromatic heterocycles. The van der Waals surface area contributed by atoms with E-state index in [1.807, 2.05) is 54.6 Å². The summed E-state index contributed by atoms with van der Waals surface area (Å²) in [6.07, 6.45) is 0. The SMILES string of the molecule is COc1cccc(-c2nn3c(-c4ccccc4)nnc3s2)c1. The maximum Gasteiger partial charge on any atom is 0.235 e. The van der Waals surface area contributed by atoms with Crippen LogP contribution in [0.2, 0.25) is 0 Å². The second-order valence-electron chi connectivity index (χ2n) is 4.72. The van der Waals surface area contributed by atoms with Gasteiger partial charge in [-0.15, -0.1) is 10.2 Å². The van der Waals surface area contributed by atoms with Gasteiger partial charge in [0.25, 0.3) is 0 Å². The van der Waals surface area contributed by atoms with E-state index >= 15 is 0 Å². The number of benzene rings is 2. The minimum atomic E-state index is 0.751. The molecule has 6 heteroatoms. The van der Waals surface area contributed by atoms with Crippen LogP contribution in [0.3, 0.4) is 0 Å².